The van der Waals surface area contributed by atoms with Crippen molar-refractivity contribution in [2.45, 2.75) is 24.3 Å². The van der Waals surface area contributed by atoms with E-state index < -0.39 is 39.2 Å². The standard InChI is InChI=1S/C16H17F3N4O5S2/c1-30(26,27)8-10(24)3-2-6-29-16-13(22-28-23-16)15(21-25)20-9-4-5-12(17)11(7-9)14(18)19/h4-5,7,14,25H,2-3,6,8H2,1H3,(H,20,21). The number of carbonyl (C=O) groups is 1. The molecular weight excluding hydrogens is 449 g/mol. The number of Topliss-reactive ketones (excluding diaryl/α,β-unsaturated/α-hetero) is 1. The molecule has 0 radical (unpaired) electrons. The Bertz CT molecular complexity index is 1030. The van der Waals surface area contributed by atoms with Crippen LogP contribution in [0.1, 0.15) is 30.5 Å². The molecule has 0 saturated heterocycles. The Morgan fingerprint density at radius 2 is 2.10 bits per heavy atom. The van der Waals surface area contributed by atoms with Gasteiger partial charge in [0, 0.05) is 18.4 Å². The van der Waals surface area contributed by atoms with Crippen LogP contribution >= 0.6 is 11.8 Å². The maximum absolute atomic E-state index is 13.4. The van der Waals surface area contributed by atoms with Crippen molar-refractivity contribution in [1.29, 1.82) is 0 Å². The summed E-state index contributed by atoms with van der Waals surface area (Å²) >= 11 is 1.10. The van der Waals surface area contributed by atoms with Crippen LogP contribution in [0, 0.1) is 5.82 Å². The van der Waals surface area contributed by atoms with Gasteiger partial charge in [-0.2, -0.15) is 0 Å². The Morgan fingerprint density at radius 3 is 2.73 bits per heavy atom. The smallest absolute Gasteiger partial charge is 0.266 e. The van der Waals surface area contributed by atoms with Crippen LogP contribution in [-0.2, 0) is 14.6 Å². The number of nitrogens with one attached hydrogen (secondary N) is 1. The molecule has 30 heavy (non-hydrogen) atoms. The van der Waals surface area contributed by atoms with Crippen LogP contribution < -0.4 is 5.48 Å². The van der Waals surface area contributed by atoms with Crippen LogP contribution in [0.5, 0.6) is 0 Å². The minimum atomic E-state index is -3.38. The topological polar surface area (TPSA) is 135 Å². The molecule has 0 aliphatic carbocycles. The molecule has 2 rings (SSSR count). The van der Waals surface area contributed by atoms with Crippen LogP contribution in [0.15, 0.2) is 32.8 Å². The Hall–Kier alpha value is -2.45. The van der Waals surface area contributed by atoms with Gasteiger partial charge < -0.3 is 0 Å². The largest absolute Gasteiger partial charge is 0.299 e. The highest BCUT2D eigenvalue weighted by Gasteiger charge is 2.19. The second kappa shape index (κ2) is 10.5. The van der Waals surface area contributed by atoms with Gasteiger partial charge in [0.1, 0.15) is 17.4 Å². The fourth-order valence-corrected chi connectivity index (χ4v) is 3.82. The third-order valence-corrected chi connectivity index (χ3v) is 5.39. The molecule has 0 aliphatic rings. The number of sulfone groups is 1. The monoisotopic (exact) mass is 466 g/mol. The summed E-state index contributed by atoms with van der Waals surface area (Å²) in [4.78, 5) is 15.5. The number of thioether (sulfide) groups is 1. The van der Waals surface area contributed by atoms with Crippen LogP contribution in [0.4, 0.5) is 18.9 Å². The van der Waals surface area contributed by atoms with Crippen LogP contribution in [-0.4, -0.2) is 53.3 Å². The summed E-state index contributed by atoms with van der Waals surface area (Å²) in [6.07, 6.45) is -1.68. The second-order valence-corrected chi connectivity index (χ2v) is 9.28. The highest BCUT2D eigenvalue weighted by atomic mass is 32.2. The zero-order valence-electron chi connectivity index (χ0n) is 15.5. The van der Waals surface area contributed by atoms with E-state index in [2.05, 4.69) is 19.9 Å². The molecule has 9 nitrogen and oxygen atoms in total. The zero-order chi connectivity index (χ0) is 22.3. The zero-order valence-corrected chi connectivity index (χ0v) is 17.1. The maximum atomic E-state index is 13.4. The van der Waals surface area contributed by atoms with Crippen LogP contribution in [0.2, 0.25) is 0 Å². The lowest BCUT2D eigenvalue weighted by atomic mass is 10.2. The summed E-state index contributed by atoms with van der Waals surface area (Å²) in [5.74, 6) is -1.97. The van der Waals surface area contributed by atoms with Crippen molar-refractivity contribution in [3.8, 4) is 0 Å². The molecule has 164 valence electrons. The first-order chi connectivity index (χ1) is 14.1. The summed E-state index contributed by atoms with van der Waals surface area (Å²) in [5, 5.41) is 16.8. The number of rotatable bonds is 10. The van der Waals surface area contributed by atoms with Crippen molar-refractivity contribution in [3.63, 3.8) is 0 Å². The van der Waals surface area contributed by atoms with Gasteiger partial charge in [0.15, 0.2) is 26.4 Å². The Morgan fingerprint density at radius 1 is 1.37 bits per heavy atom. The number of nitrogens with zero attached hydrogens (tertiary/aromatic N) is 3. The molecule has 0 aliphatic heterocycles. The Balaban J connectivity index is 2.07. The number of aliphatic imine (C=N–C) groups is 1. The van der Waals surface area contributed by atoms with E-state index in [1.54, 1.807) is 5.48 Å². The van der Waals surface area contributed by atoms with Crippen LogP contribution in [0.3, 0.4) is 0 Å². The Labute approximate surface area is 173 Å². The van der Waals surface area contributed by atoms with E-state index >= 15 is 0 Å². The van der Waals surface area contributed by atoms with E-state index in [0.717, 1.165) is 36.2 Å². The normalized spacial score (nSPS) is 12.4. The van der Waals surface area contributed by atoms with E-state index in [1.165, 1.54) is 0 Å². The lowest BCUT2D eigenvalue weighted by Crippen LogP contribution is -2.21. The summed E-state index contributed by atoms with van der Waals surface area (Å²) in [7, 11) is -3.38. The quantitative estimate of drug-likeness (QED) is 0.178. The van der Waals surface area contributed by atoms with Gasteiger partial charge in [-0.25, -0.2) is 31.2 Å². The highest BCUT2D eigenvalue weighted by molar-refractivity contribution is 7.99. The number of hydroxylamine groups is 1. The summed E-state index contributed by atoms with van der Waals surface area (Å²) in [5.41, 5.74) is 0.806. The first-order valence-electron chi connectivity index (χ1n) is 8.32. The van der Waals surface area contributed by atoms with Gasteiger partial charge in [-0.05, 0) is 34.9 Å². The van der Waals surface area contributed by atoms with E-state index in [9.17, 15) is 31.6 Å². The minimum absolute atomic E-state index is 0.0344. The Kier molecular flexibility index (Phi) is 8.37. The fourth-order valence-electron chi connectivity index (χ4n) is 2.25. The third kappa shape index (κ3) is 7.11. The van der Waals surface area contributed by atoms with Gasteiger partial charge in [0.05, 0.1) is 11.3 Å². The van der Waals surface area contributed by atoms with Gasteiger partial charge in [-0.1, -0.05) is 0 Å². The first-order valence-corrected chi connectivity index (χ1v) is 11.4. The van der Waals surface area contributed by atoms with Crippen molar-refractivity contribution in [2.24, 2.45) is 4.99 Å². The lowest BCUT2D eigenvalue weighted by Gasteiger charge is -2.05. The van der Waals surface area contributed by atoms with E-state index in [-0.39, 0.29) is 28.7 Å². The predicted octanol–water partition coefficient (Wildman–Crippen LogP) is 2.69. The van der Waals surface area contributed by atoms with Gasteiger partial charge >= 0.3 is 0 Å². The SMILES string of the molecule is CS(=O)(=O)CC(=O)CCCSc1nonc1C(=Nc1ccc(F)c(C(F)F)c1)NO. The lowest BCUT2D eigenvalue weighted by molar-refractivity contribution is -0.116. The molecule has 0 spiro atoms. The van der Waals surface area contributed by atoms with E-state index in [0.29, 0.717) is 12.2 Å². The molecule has 0 bridgehead atoms. The molecule has 14 heteroatoms. The van der Waals surface area contributed by atoms with Crippen molar-refractivity contribution in [1.82, 2.24) is 15.8 Å². The second-order valence-electron chi connectivity index (χ2n) is 6.06. The number of carbonyl (C=O) groups excluding carboxylic acids is 1. The number of hydrogen-bond acceptors (Lipinski definition) is 9. The summed E-state index contributed by atoms with van der Waals surface area (Å²) < 4.78 is 65.8. The van der Waals surface area contributed by atoms with Gasteiger partial charge in [-0.3, -0.25) is 15.5 Å². The third-order valence-electron chi connectivity index (χ3n) is 3.51. The number of ketones is 1. The van der Waals surface area contributed by atoms with Crippen molar-refractivity contribution in [2.75, 3.05) is 17.8 Å². The molecular formula is C16H17F3N4O5S2. The number of alkyl halides is 2. The molecule has 2 aromatic rings. The number of benzene rings is 1. The van der Waals surface area contributed by atoms with Gasteiger partial charge in [0.25, 0.3) is 6.43 Å². The maximum Gasteiger partial charge on any atom is 0.266 e. The molecule has 0 saturated carbocycles. The number of hydrogen-bond donors (Lipinski definition) is 2. The van der Waals surface area contributed by atoms with Crippen molar-refractivity contribution >= 4 is 38.9 Å². The number of halogens is 3. The average molecular weight is 466 g/mol. The first kappa shape index (κ1) is 23.8. The fraction of sp³-hybridized carbons (Fsp3) is 0.375. The molecule has 1 aromatic heterocycles. The number of aromatic nitrogens is 2. The average Bonchev–Trinajstić information content (AvgIpc) is 3.11. The van der Waals surface area contributed by atoms with Crippen LogP contribution in [0.25, 0.3) is 0 Å². The highest BCUT2D eigenvalue weighted by Crippen LogP contribution is 2.27. The van der Waals surface area contributed by atoms with E-state index in [4.69, 9.17) is 0 Å². The summed E-state index contributed by atoms with van der Waals surface area (Å²) in [6, 6.07) is 2.77. The van der Waals surface area contributed by atoms with Gasteiger partial charge in [0.2, 0.25) is 0 Å². The summed E-state index contributed by atoms with van der Waals surface area (Å²) in [6.45, 7) is 0. The molecule has 1 aromatic carbocycles. The molecule has 0 unspecified atom stereocenters. The molecule has 1 heterocycles. The molecule has 2 N–H and O–H groups in total. The van der Waals surface area contributed by atoms with Crippen molar-refractivity contribution < 1.29 is 36.2 Å². The molecule has 0 fully saturated rings. The van der Waals surface area contributed by atoms with E-state index in [1.807, 2.05) is 0 Å². The molecule has 0 amide bonds. The van der Waals surface area contributed by atoms with Gasteiger partial charge in [-0.15, -0.1) is 11.8 Å². The minimum Gasteiger partial charge on any atom is -0.299 e. The number of amidine groups is 1. The van der Waals surface area contributed by atoms with Crippen molar-refractivity contribution in [3.05, 3.63) is 35.3 Å². The predicted molar refractivity (Wildman–Crippen MR) is 101 cm³/mol. The molecule has 0 atom stereocenters.